The van der Waals surface area contributed by atoms with Crippen LogP contribution in [-0.2, 0) is 10.8 Å². The van der Waals surface area contributed by atoms with Gasteiger partial charge in [0, 0.05) is 27.3 Å². The summed E-state index contributed by atoms with van der Waals surface area (Å²) in [6, 6.07) is 36.0. The van der Waals surface area contributed by atoms with Crippen molar-refractivity contribution in [2.24, 2.45) is 0 Å². The number of rotatable bonds is 3. The summed E-state index contributed by atoms with van der Waals surface area (Å²) in [5.74, 6) is 1.17. The van der Waals surface area contributed by atoms with E-state index in [1.807, 2.05) is 6.07 Å². The lowest BCUT2D eigenvalue weighted by Crippen LogP contribution is -2.13. The number of nitrogens with one attached hydrogen (secondary N) is 1. The molecule has 0 fully saturated rings. The summed E-state index contributed by atoms with van der Waals surface area (Å²) in [5.41, 5.74) is 9.20. The molecule has 0 saturated heterocycles. The highest BCUT2D eigenvalue weighted by Gasteiger charge is 2.22. The molecule has 0 spiro atoms. The van der Waals surface area contributed by atoms with Gasteiger partial charge in [0.2, 0.25) is 0 Å². The number of hydrogen-bond acceptors (Lipinski definition) is 2. The minimum Gasteiger partial charge on any atom is -0.507 e. The van der Waals surface area contributed by atoms with E-state index in [2.05, 4.69) is 142 Å². The van der Waals surface area contributed by atoms with Crippen LogP contribution in [0.3, 0.4) is 0 Å². The van der Waals surface area contributed by atoms with Crippen LogP contribution in [0.2, 0.25) is 0 Å². The van der Waals surface area contributed by atoms with Crippen molar-refractivity contribution in [2.75, 3.05) is 0 Å². The van der Waals surface area contributed by atoms with Crippen molar-refractivity contribution in [1.29, 1.82) is 0 Å². The molecule has 3 aromatic heterocycles. The summed E-state index contributed by atoms with van der Waals surface area (Å²) in [4.78, 5) is 9.01. The highest BCUT2D eigenvalue weighted by molar-refractivity contribution is 6.09. The van der Waals surface area contributed by atoms with Gasteiger partial charge in [-0.15, -0.1) is 0 Å². The van der Waals surface area contributed by atoms with Crippen molar-refractivity contribution >= 4 is 32.7 Å². The van der Waals surface area contributed by atoms with Gasteiger partial charge in [-0.05, 0) is 64.4 Å². The first-order valence-corrected chi connectivity index (χ1v) is 15.0. The molecule has 0 aliphatic carbocycles. The fraction of sp³-hybridized carbons (Fsp3) is 0.205. The van der Waals surface area contributed by atoms with Crippen LogP contribution in [0.4, 0.5) is 0 Å². The SMILES string of the molecule is CC(C)(C)c1cc(-c2cccc3cc(-c4cc(C(C)(C)C)ccc4O)[nH]c23)nc(-n2c3ccccc3c3ccccc32)c1. The van der Waals surface area contributed by atoms with Crippen LogP contribution in [-0.4, -0.2) is 19.6 Å². The number of pyridine rings is 1. The lowest BCUT2D eigenvalue weighted by Gasteiger charge is -2.22. The number of hydrogen-bond donors (Lipinski definition) is 2. The molecular weight excluding hydrogens is 526 g/mol. The van der Waals surface area contributed by atoms with Gasteiger partial charge in [-0.2, -0.15) is 0 Å². The Balaban J connectivity index is 1.47. The molecule has 0 saturated carbocycles. The second kappa shape index (κ2) is 9.60. The van der Waals surface area contributed by atoms with Gasteiger partial charge >= 0.3 is 0 Å². The van der Waals surface area contributed by atoms with E-state index in [1.165, 1.54) is 21.9 Å². The van der Waals surface area contributed by atoms with Crippen LogP contribution in [0, 0.1) is 0 Å². The molecule has 0 amide bonds. The number of H-pyrrole nitrogens is 1. The van der Waals surface area contributed by atoms with E-state index in [1.54, 1.807) is 6.07 Å². The highest BCUT2D eigenvalue weighted by Crippen LogP contribution is 2.39. The molecule has 0 bridgehead atoms. The number of fused-ring (bicyclic) bond motifs is 4. The monoisotopic (exact) mass is 563 g/mol. The molecule has 43 heavy (non-hydrogen) atoms. The average Bonchev–Trinajstić information content (AvgIpc) is 3.55. The van der Waals surface area contributed by atoms with Crippen molar-refractivity contribution < 1.29 is 5.11 Å². The molecule has 7 rings (SSSR count). The first kappa shape index (κ1) is 27.0. The normalized spacial score (nSPS) is 12.5. The number of phenols is 1. The zero-order chi connectivity index (χ0) is 30.1. The maximum Gasteiger partial charge on any atom is 0.138 e. The maximum absolute atomic E-state index is 10.9. The number of aromatic amines is 1. The Morgan fingerprint density at radius 3 is 1.93 bits per heavy atom. The van der Waals surface area contributed by atoms with Gasteiger partial charge in [0.15, 0.2) is 0 Å². The number of phenolic OH excluding ortho intramolecular Hbond substituents is 1. The summed E-state index contributed by atoms with van der Waals surface area (Å²) in [6.07, 6.45) is 0. The van der Waals surface area contributed by atoms with Crippen LogP contribution in [0.5, 0.6) is 5.75 Å². The van der Waals surface area contributed by atoms with Crippen LogP contribution in [0.15, 0.2) is 103 Å². The first-order valence-electron chi connectivity index (χ1n) is 15.0. The van der Waals surface area contributed by atoms with E-state index in [4.69, 9.17) is 4.98 Å². The molecule has 0 unspecified atom stereocenters. The topological polar surface area (TPSA) is 53.8 Å². The third-order valence-electron chi connectivity index (χ3n) is 8.57. The van der Waals surface area contributed by atoms with Crippen LogP contribution in [0.1, 0.15) is 52.7 Å². The Labute approximate surface area is 252 Å². The van der Waals surface area contributed by atoms with E-state index in [0.29, 0.717) is 0 Å². The zero-order valence-electron chi connectivity index (χ0n) is 25.7. The van der Waals surface area contributed by atoms with Gasteiger partial charge < -0.3 is 10.1 Å². The molecular formula is C39H37N3O. The van der Waals surface area contributed by atoms with Gasteiger partial charge in [0.1, 0.15) is 11.6 Å². The Bertz CT molecular complexity index is 2110. The number of para-hydroxylation sites is 3. The van der Waals surface area contributed by atoms with Gasteiger partial charge in [0.05, 0.1) is 27.9 Å². The van der Waals surface area contributed by atoms with Crippen molar-refractivity contribution in [3.05, 3.63) is 114 Å². The molecule has 7 aromatic rings. The summed E-state index contributed by atoms with van der Waals surface area (Å²) in [5, 5.41) is 14.4. The Kier molecular flexibility index (Phi) is 6.04. The van der Waals surface area contributed by atoms with E-state index in [0.717, 1.165) is 50.3 Å². The first-order chi connectivity index (χ1) is 20.5. The van der Waals surface area contributed by atoms with Crippen molar-refractivity contribution in [3.8, 4) is 34.1 Å². The van der Waals surface area contributed by atoms with Gasteiger partial charge in [-0.25, -0.2) is 4.98 Å². The molecule has 0 aliphatic heterocycles. The Hall–Kier alpha value is -4.83. The zero-order valence-corrected chi connectivity index (χ0v) is 25.7. The van der Waals surface area contributed by atoms with E-state index in [-0.39, 0.29) is 16.6 Å². The standard InChI is InChI=1S/C39H37N3O/c1-38(2,3)25-18-19-35(43)30(21-25)31-20-24-12-11-15-29(37(24)41-31)32-22-26(39(4,5)6)23-36(40-32)42-33-16-9-7-13-27(33)28-14-8-10-17-34(28)42/h7-23,41,43H,1-6H3. The maximum atomic E-state index is 10.9. The van der Waals surface area contributed by atoms with E-state index >= 15 is 0 Å². The predicted molar refractivity (Wildman–Crippen MR) is 180 cm³/mol. The number of benzene rings is 4. The largest absolute Gasteiger partial charge is 0.507 e. The fourth-order valence-corrected chi connectivity index (χ4v) is 6.10. The van der Waals surface area contributed by atoms with Crippen molar-refractivity contribution in [2.45, 2.75) is 52.4 Å². The minimum atomic E-state index is -0.0841. The van der Waals surface area contributed by atoms with Crippen LogP contribution >= 0.6 is 0 Å². The second-order valence-electron chi connectivity index (χ2n) is 13.7. The van der Waals surface area contributed by atoms with Crippen LogP contribution in [0.25, 0.3) is 61.0 Å². The van der Waals surface area contributed by atoms with Gasteiger partial charge in [0.25, 0.3) is 0 Å². The van der Waals surface area contributed by atoms with Crippen molar-refractivity contribution in [3.63, 3.8) is 0 Å². The fourth-order valence-electron chi connectivity index (χ4n) is 6.10. The molecule has 4 heteroatoms. The van der Waals surface area contributed by atoms with Gasteiger partial charge in [-0.3, -0.25) is 4.57 Å². The second-order valence-corrected chi connectivity index (χ2v) is 13.7. The molecule has 214 valence electrons. The Morgan fingerprint density at radius 1 is 0.628 bits per heavy atom. The summed E-state index contributed by atoms with van der Waals surface area (Å²) in [6.45, 7) is 13.3. The highest BCUT2D eigenvalue weighted by atomic mass is 16.3. The number of nitrogens with zero attached hydrogens (tertiary/aromatic N) is 2. The minimum absolute atomic E-state index is 0.0276. The van der Waals surface area contributed by atoms with Crippen LogP contribution < -0.4 is 0 Å². The number of aromatic nitrogens is 3. The van der Waals surface area contributed by atoms with E-state index < -0.39 is 0 Å². The number of aromatic hydroxyl groups is 1. The summed E-state index contributed by atoms with van der Waals surface area (Å²) in [7, 11) is 0. The average molecular weight is 564 g/mol. The summed E-state index contributed by atoms with van der Waals surface area (Å²) >= 11 is 0. The lowest BCUT2D eigenvalue weighted by atomic mass is 9.85. The van der Waals surface area contributed by atoms with E-state index in [9.17, 15) is 5.11 Å². The molecule has 0 atom stereocenters. The quantitative estimate of drug-likeness (QED) is 0.225. The molecule has 4 aromatic carbocycles. The predicted octanol–water partition coefficient (Wildman–Crippen LogP) is 10.3. The Morgan fingerprint density at radius 2 is 1.28 bits per heavy atom. The lowest BCUT2D eigenvalue weighted by molar-refractivity contribution is 0.476. The molecule has 4 nitrogen and oxygen atoms in total. The molecule has 0 radical (unpaired) electrons. The van der Waals surface area contributed by atoms with Gasteiger partial charge in [-0.1, -0.05) is 102 Å². The van der Waals surface area contributed by atoms with Crippen molar-refractivity contribution in [1.82, 2.24) is 14.5 Å². The third-order valence-corrected chi connectivity index (χ3v) is 8.57. The molecule has 3 heterocycles. The molecule has 0 aliphatic rings. The molecule has 2 N–H and O–H groups in total. The smallest absolute Gasteiger partial charge is 0.138 e. The summed E-state index contributed by atoms with van der Waals surface area (Å²) < 4.78 is 2.29. The third kappa shape index (κ3) is 4.58.